The van der Waals surface area contributed by atoms with Crippen LogP contribution in [0.1, 0.15) is 12.0 Å². The Bertz CT molecular complexity index is 319. The molecule has 0 radical (unpaired) electrons. The average molecular weight is 211 g/mol. The van der Waals surface area contributed by atoms with Crippen molar-refractivity contribution in [2.75, 3.05) is 18.4 Å². The van der Waals surface area contributed by atoms with Crippen LogP contribution in [0.2, 0.25) is 5.02 Å². The van der Waals surface area contributed by atoms with Crippen molar-refractivity contribution < 1.29 is 0 Å². The molecular weight excluding hydrogens is 196 g/mol. The Kier molecular flexibility index (Phi) is 2.94. The summed E-state index contributed by atoms with van der Waals surface area (Å²) in [4.78, 5) is 0. The van der Waals surface area contributed by atoms with Crippen LogP contribution in [0.15, 0.2) is 18.2 Å². The number of benzene rings is 1. The Morgan fingerprint density at radius 2 is 2.36 bits per heavy atom. The second-order valence-corrected chi connectivity index (χ2v) is 4.21. The molecule has 2 nitrogen and oxygen atoms in total. The predicted molar refractivity (Wildman–Crippen MR) is 61.1 cm³/mol. The Morgan fingerprint density at radius 3 is 3.00 bits per heavy atom. The highest BCUT2D eigenvalue weighted by molar-refractivity contribution is 6.31. The fourth-order valence-electron chi connectivity index (χ4n) is 1.70. The van der Waals surface area contributed by atoms with E-state index in [4.69, 9.17) is 11.6 Å². The summed E-state index contributed by atoms with van der Waals surface area (Å²) >= 11 is 6.04. The first kappa shape index (κ1) is 9.81. The quantitative estimate of drug-likeness (QED) is 0.784. The lowest BCUT2D eigenvalue weighted by molar-refractivity contribution is 0.793. The molecule has 1 atom stereocenters. The predicted octanol–water partition coefficient (Wildman–Crippen LogP) is 2.42. The summed E-state index contributed by atoms with van der Waals surface area (Å²) < 4.78 is 0. The van der Waals surface area contributed by atoms with Gasteiger partial charge in [0.25, 0.3) is 0 Å². The normalized spacial score (nSPS) is 21.1. The maximum absolute atomic E-state index is 6.04. The number of anilines is 1. The van der Waals surface area contributed by atoms with Crippen LogP contribution in [0.25, 0.3) is 0 Å². The van der Waals surface area contributed by atoms with Crippen LogP contribution in [0, 0.1) is 6.92 Å². The van der Waals surface area contributed by atoms with Gasteiger partial charge in [-0.15, -0.1) is 0 Å². The molecule has 0 bridgehead atoms. The fraction of sp³-hybridized carbons (Fsp3) is 0.455. The van der Waals surface area contributed by atoms with Crippen LogP contribution in [0.5, 0.6) is 0 Å². The van der Waals surface area contributed by atoms with Crippen molar-refractivity contribution in [2.45, 2.75) is 19.4 Å². The minimum Gasteiger partial charge on any atom is -0.381 e. The number of nitrogens with one attached hydrogen (secondary N) is 2. The molecule has 2 N–H and O–H groups in total. The van der Waals surface area contributed by atoms with E-state index in [0.29, 0.717) is 6.04 Å². The van der Waals surface area contributed by atoms with Gasteiger partial charge in [0.15, 0.2) is 0 Å². The maximum atomic E-state index is 6.04. The number of hydrogen-bond acceptors (Lipinski definition) is 2. The van der Waals surface area contributed by atoms with Crippen molar-refractivity contribution in [3.8, 4) is 0 Å². The molecule has 0 spiro atoms. The molecule has 2 rings (SSSR count). The van der Waals surface area contributed by atoms with Gasteiger partial charge in [-0.25, -0.2) is 0 Å². The van der Waals surface area contributed by atoms with Crippen molar-refractivity contribution in [3.05, 3.63) is 28.8 Å². The second kappa shape index (κ2) is 4.20. The molecule has 1 heterocycles. The van der Waals surface area contributed by atoms with Crippen molar-refractivity contribution in [2.24, 2.45) is 0 Å². The first-order valence-electron chi connectivity index (χ1n) is 4.99. The zero-order valence-corrected chi connectivity index (χ0v) is 9.06. The molecule has 0 aliphatic carbocycles. The van der Waals surface area contributed by atoms with Crippen molar-refractivity contribution >= 4 is 17.3 Å². The summed E-state index contributed by atoms with van der Waals surface area (Å²) in [6.45, 7) is 4.17. The first-order valence-corrected chi connectivity index (χ1v) is 5.37. The molecule has 3 heteroatoms. The molecule has 1 saturated heterocycles. The van der Waals surface area contributed by atoms with Crippen molar-refractivity contribution in [3.63, 3.8) is 0 Å². The van der Waals surface area contributed by atoms with E-state index in [2.05, 4.69) is 16.7 Å². The Hall–Kier alpha value is -0.730. The minimum atomic E-state index is 0.550. The monoisotopic (exact) mass is 210 g/mol. The van der Waals surface area contributed by atoms with Gasteiger partial charge < -0.3 is 10.6 Å². The number of rotatable bonds is 2. The molecule has 1 unspecified atom stereocenters. The van der Waals surface area contributed by atoms with E-state index in [1.54, 1.807) is 0 Å². The third kappa shape index (κ3) is 2.20. The zero-order valence-electron chi connectivity index (χ0n) is 8.31. The lowest BCUT2D eigenvalue weighted by atomic mass is 10.2. The standard InChI is InChI=1S/C11H15ClN2/c1-8-2-3-9(6-11(8)12)14-10-4-5-13-7-10/h2-3,6,10,13-14H,4-5,7H2,1H3. The van der Waals surface area contributed by atoms with Gasteiger partial charge in [0.2, 0.25) is 0 Å². The van der Waals surface area contributed by atoms with Gasteiger partial charge in [-0.05, 0) is 37.6 Å². The molecule has 1 fully saturated rings. The van der Waals surface area contributed by atoms with Crippen LogP contribution in [-0.2, 0) is 0 Å². The van der Waals surface area contributed by atoms with E-state index in [9.17, 15) is 0 Å². The summed E-state index contributed by atoms with van der Waals surface area (Å²) in [5.74, 6) is 0. The van der Waals surface area contributed by atoms with E-state index in [1.165, 1.54) is 6.42 Å². The Balaban J connectivity index is 2.05. The molecule has 14 heavy (non-hydrogen) atoms. The van der Waals surface area contributed by atoms with Crippen LogP contribution in [0.3, 0.4) is 0 Å². The van der Waals surface area contributed by atoms with E-state index in [-0.39, 0.29) is 0 Å². The van der Waals surface area contributed by atoms with Gasteiger partial charge in [-0.2, -0.15) is 0 Å². The van der Waals surface area contributed by atoms with Gasteiger partial charge in [0, 0.05) is 23.3 Å². The summed E-state index contributed by atoms with van der Waals surface area (Å²) in [5, 5.41) is 7.62. The molecule has 1 aliphatic heterocycles. The highest BCUT2D eigenvalue weighted by atomic mass is 35.5. The minimum absolute atomic E-state index is 0.550. The highest BCUT2D eigenvalue weighted by Gasteiger charge is 2.13. The number of hydrogen-bond donors (Lipinski definition) is 2. The van der Waals surface area contributed by atoms with Crippen LogP contribution in [-0.4, -0.2) is 19.1 Å². The molecule has 1 aromatic rings. The SMILES string of the molecule is Cc1ccc(NC2CCNC2)cc1Cl. The lowest BCUT2D eigenvalue weighted by Gasteiger charge is -2.13. The van der Waals surface area contributed by atoms with Gasteiger partial charge in [-0.3, -0.25) is 0 Å². The zero-order chi connectivity index (χ0) is 9.97. The third-order valence-corrected chi connectivity index (χ3v) is 3.01. The Labute approximate surface area is 89.7 Å². The summed E-state index contributed by atoms with van der Waals surface area (Å²) in [7, 11) is 0. The highest BCUT2D eigenvalue weighted by Crippen LogP contribution is 2.21. The average Bonchev–Trinajstić information content (AvgIpc) is 2.64. The van der Waals surface area contributed by atoms with Crippen LogP contribution in [0.4, 0.5) is 5.69 Å². The van der Waals surface area contributed by atoms with Crippen LogP contribution >= 0.6 is 11.6 Å². The molecule has 0 amide bonds. The van der Waals surface area contributed by atoms with Gasteiger partial charge in [-0.1, -0.05) is 17.7 Å². The molecule has 76 valence electrons. The molecule has 1 aliphatic rings. The first-order chi connectivity index (χ1) is 6.75. The lowest BCUT2D eigenvalue weighted by Crippen LogP contribution is -2.21. The fourth-order valence-corrected chi connectivity index (χ4v) is 1.88. The van der Waals surface area contributed by atoms with Gasteiger partial charge in [0.05, 0.1) is 0 Å². The third-order valence-electron chi connectivity index (χ3n) is 2.60. The topological polar surface area (TPSA) is 24.1 Å². The van der Waals surface area contributed by atoms with E-state index in [1.807, 2.05) is 19.1 Å². The second-order valence-electron chi connectivity index (χ2n) is 3.80. The summed E-state index contributed by atoms with van der Waals surface area (Å²) in [6.07, 6.45) is 1.19. The molecule has 0 aromatic heterocycles. The largest absolute Gasteiger partial charge is 0.381 e. The van der Waals surface area contributed by atoms with E-state index < -0.39 is 0 Å². The maximum Gasteiger partial charge on any atom is 0.0455 e. The van der Waals surface area contributed by atoms with Crippen molar-refractivity contribution in [1.29, 1.82) is 0 Å². The van der Waals surface area contributed by atoms with Crippen LogP contribution < -0.4 is 10.6 Å². The van der Waals surface area contributed by atoms with E-state index >= 15 is 0 Å². The van der Waals surface area contributed by atoms with E-state index in [0.717, 1.165) is 29.4 Å². The van der Waals surface area contributed by atoms with Gasteiger partial charge in [0.1, 0.15) is 0 Å². The molecule has 0 saturated carbocycles. The number of aryl methyl sites for hydroxylation is 1. The summed E-state index contributed by atoms with van der Waals surface area (Å²) in [5.41, 5.74) is 2.25. The molecule has 1 aromatic carbocycles. The summed E-state index contributed by atoms with van der Waals surface area (Å²) in [6, 6.07) is 6.68. The molecular formula is C11H15ClN2. The number of halogens is 1. The van der Waals surface area contributed by atoms with Crippen molar-refractivity contribution in [1.82, 2.24) is 5.32 Å². The van der Waals surface area contributed by atoms with Gasteiger partial charge >= 0.3 is 0 Å². The smallest absolute Gasteiger partial charge is 0.0455 e. The Morgan fingerprint density at radius 1 is 1.50 bits per heavy atom.